The second-order valence-electron chi connectivity index (χ2n) is 4.59. The first kappa shape index (κ1) is 15.4. The molecule has 0 saturated carbocycles. The van der Waals surface area contributed by atoms with Crippen LogP contribution in [-0.2, 0) is 4.79 Å². The standard InChI is InChI=1S/C14H21FN2O2/c1-4-7-16-14(19)9-17(3)13-6-5-11(10(2)18)8-12(13)15/h5-6,8,10,18H,4,7,9H2,1-3H3,(H,16,19)/t10-/m1/s1. The molecule has 1 amide bonds. The third kappa shape index (κ3) is 4.52. The monoisotopic (exact) mass is 268 g/mol. The van der Waals surface area contributed by atoms with E-state index in [9.17, 15) is 14.3 Å². The highest BCUT2D eigenvalue weighted by atomic mass is 19.1. The first-order valence-corrected chi connectivity index (χ1v) is 6.41. The van der Waals surface area contributed by atoms with Crippen LogP contribution < -0.4 is 10.2 Å². The van der Waals surface area contributed by atoms with Gasteiger partial charge in [0.15, 0.2) is 0 Å². The number of likely N-dealkylation sites (N-methyl/N-ethyl adjacent to an activating group) is 1. The molecule has 0 aliphatic heterocycles. The van der Waals surface area contributed by atoms with Gasteiger partial charge in [0, 0.05) is 13.6 Å². The lowest BCUT2D eigenvalue weighted by atomic mass is 10.1. The predicted molar refractivity (Wildman–Crippen MR) is 73.6 cm³/mol. The number of anilines is 1. The first-order chi connectivity index (χ1) is 8.95. The van der Waals surface area contributed by atoms with Crippen LogP contribution in [0.4, 0.5) is 10.1 Å². The molecule has 2 N–H and O–H groups in total. The Morgan fingerprint density at radius 1 is 1.53 bits per heavy atom. The van der Waals surface area contributed by atoms with Gasteiger partial charge in [0.2, 0.25) is 5.91 Å². The normalized spacial score (nSPS) is 12.1. The molecule has 106 valence electrons. The Balaban J connectivity index is 2.71. The Labute approximate surface area is 113 Å². The van der Waals surface area contributed by atoms with Gasteiger partial charge in [-0.25, -0.2) is 4.39 Å². The maximum atomic E-state index is 13.9. The van der Waals surface area contributed by atoms with Crippen molar-refractivity contribution in [3.63, 3.8) is 0 Å². The number of rotatable bonds is 6. The van der Waals surface area contributed by atoms with E-state index in [1.54, 1.807) is 31.0 Å². The third-order valence-corrected chi connectivity index (χ3v) is 2.82. The largest absolute Gasteiger partial charge is 0.389 e. The second-order valence-corrected chi connectivity index (χ2v) is 4.59. The number of hydrogen-bond acceptors (Lipinski definition) is 3. The summed E-state index contributed by atoms with van der Waals surface area (Å²) in [5.74, 6) is -0.576. The van der Waals surface area contributed by atoms with E-state index in [1.807, 2.05) is 6.92 Å². The zero-order valence-corrected chi connectivity index (χ0v) is 11.6. The highest BCUT2D eigenvalue weighted by Crippen LogP contribution is 2.22. The van der Waals surface area contributed by atoms with Gasteiger partial charge in [-0.1, -0.05) is 13.0 Å². The number of halogens is 1. The number of nitrogens with zero attached hydrogens (tertiary/aromatic N) is 1. The molecule has 0 heterocycles. The van der Waals surface area contributed by atoms with Gasteiger partial charge in [0.1, 0.15) is 5.82 Å². The molecule has 1 atom stereocenters. The summed E-state index contributed by atoms with van der Waals surface area (Å²) in [7, 11) is 1.66. The molecule has 1 rings (SSSR count). The van der Waals surface area contributed by atoms with Crippen molar-refractivity contribution >= 4 is 11.6 Å². The Hall–Kier alpha value is -1.62. The van der Waals surface area contributed by atoms with Gasteiger partial charge in [-0.15, -0.1) is 0 Å². The summed E-state index contributed by atoms with van der Waals surface area (Å²) < 4.78 is 13.9. The molecule has 1 aromatic carbocycles. The SMILES string of the molecule is CCCNC(=O)CN(C)c1ccc([C@@H](C)O)cc1F. The van der Waals surface area contributed by atoms with Crippen molar-refractivity contribution < 1.29 is 14.3 Å². The predicted octanol–water partition coefficient (Wildman–Crippen LogP) is 1.84. The van der Waals surface area contributed by atoms with Crippen molar-refractivity contribution in [2.24, 2.45) is 0 Å². The van der Waals surface area contributed by atoms with Crippen LogP contribution in [0.15, 0.2) is 18.2 Å². The van der Waals surface area contributed by atoms with Gasteiger partial charge in [0.25, 0.3) is 0 Å². The van der Waals surface area contributed by atoms with E-state index in [4.69, 9.17) is 0 Å². The van der Waals surface area contributed by atoms with Crippen LogP contribution in [0.5, 0.6) is 0 Å². The molecular weight excluding hydrogens is 247 g/mol. The van der Waals surface area contributed by atoms with E-state index >= 15 is 0 Å². The number of benzene rings is 1. The second kappa shape index (κ2) is 7.09. The highest BCUT2D eigenvalue weighted by molar-refractivity contribution is 5.81. The summed E-state index contributed by atoms with van der Waals surface area (Å²) in [5, 5.41) is 12.1. The average Bonchev–Trinajstić information content (AvgIpc) is 2.35. The van der Waals surface area contributed by atoms with Gasteiger partial charge in [-0.05, 0) is 31.0 Å². The van der Waals surface area contributed by atoms with Crippen LogP contribution in [-0.4, -0.2) is 31.2 Å². The van der Waals surface area contributed by atoms with Crippen molar-refractivity contribution in [1.82, 2.24) is 5.32 Å². The summed E-state index contributed by atoms with van der Waals surface area (Å²) in [6.07, 6.45) is 0.161. The summed E-state index contributed by atoms with van der Waals surface area (Å²) in [6, 6.07) is 4.52. The number of aliphatic hydroxyl groups excluding tert-OH is 1. The number of hydrogen-bond donors (Lipinski definition) is 2. The minimum Gasteiger partial charge on any atom is -0.389 e. The fraction of sp³-hybridized carbons (Fsp3) is 0.500. The zero-order chi connectivity index (χ0) is 14.4. The lowest BCUT2D eigenvalue weighted by molar-refractivity contribution is -0.119. The minimum atomic E-state index is -0.707. The molecule has 19 heavy (non-hydrogen) atoms. The Bertz CT molecular complexity index is 435. The summed E-state index contributed by atoms with van der Waals surface area (Å²) >= 11 is 0. The van der Waals surface area contributed by atoms with E-state index < -0.39 is 11.9 Å². The fourth-order valence-corrected chi connectivity index (χ4v) is 1.71. The number of amides is 1. The maximum absolute atomic E-state index is 13.9. The van der Waals surface area contributed by atoms with Crippen molar-refractivity contribution in [2.75, 3.05) is 25.0 Å². The quantitative estimate of drug-likeness (QED) is 0.827. The fourth-order valence-electron chi connectivity index (χ4n) is 1.71. The topological polar surface area (TPSA) is 52.6 Å². The van der Waals surface area contributed by atoms with Crippen LogP contribution in [0.2, 0.25) is 0 Å². The van der Waals surface area contributed by atoms with Gasteiger partial charge < -0.3 is 15.3 Å². The molecule has 0 saturated heterocycles. The lowest BCUT2D eigenvalue weighted by Crippen LogP contribution is -2.35. The molecular formula is C14H21FN2O2. The van der Waals surface area contributed by atoms with Crippen molar-refractivity contribution in [3.05, 3.63) is 29.6 Å². The van der Waals surface area contributed by atoms with E-state index in [1.165, 1.54) is 6.07 Å². The van der Waals surface area contributed by atoms with E-state index in [2.05, 4.69) is 5.32 Å². The van der Waals surface area contributed by atoms with E-state index in [0.717, 1.165) is 6.42 Å². The minimum absolute atomic E-state index is 0.102. The molecule has 0 radical (unpaired) electrons. The third-order valence-electron chi connectivity index (χ3n) is 2.82. The van der Waals surface area contributed by atoms with Crippen LogP contribution in [0.25, 0.3) is 0 Å². The van der Waals surface area contributed by atoms with Crippen molar-refractivity contribution in [1.29, 1.82) is 0 Å². The molecule has 5 heteroatoms. The molecule has 0 spiro atoms. The zero-order valence-electron chi connectivity index (χ0n) is 11.6. The average molecular weight is 268 g/mol. The summed E-state index contributed by atoms with van der Waals surface area (Å²) in [5.41, 5.74) is 0.862. The van der Waals surface area contributed by atoms with Crippen molar-refractivity contribution in [2.45, 2.75) is 26.4 Å². The molecule has 4 nitrogen and oxygen atoms in total. The first-order valence-electron chi connectivity index (χ1n) is 6.41. The van der Waals surface area contributed by atoms with Crippen LogP contribution in [0.1, 0.15) is 31.9 Å². The lowest BCUT2D eigenvalue weighted by Gasteiger charge is -2.20. The summed E-state index contributed by atoms with van der Waals surface area (Å²) in [4.78, 5) is 13.1. The van der Waals surface area contributed by atoms with Crippen LogP contribution in [0, 0.1) is 5.82 Å². The highest BCUT2D eigenvalue weighted by Gasteiger charge is 2.12. The summed E-state index contributed by atoms with van der Waals surface area (Å²) in [6.45, 7) is 4.27. The van der Waals surface area contributed by atoms with Gasteiger partial charge in [-0.3, -0.25) is 4.79 Å². The van der Waals surface area contributed by atoms with E-state index in [0.29, 0.717) is 17.8 Å². The maximum Gasteiger partial charge on any atom is 0.239 e. The molecule has 0 aliphatic carbocycles. The Kier molecular flexibility index (Phi) is 5.76. The van der Waals surface area contributed by atoms with Crippen LogP contribution in [0.3, 0.4) is 0 Å². The molecule has 0 aliphatic rings. The van der Waals surface area contributed by atoms with Gasteiger partial charge >= 0.3 is 0 Å². The molecule has 1 aromatic rings. The number of carbonyl (C=O) groups is 1. The Morgan fingerprint density at radius 2 is 2.21 bits per heavy atom. The molecule has 0 fully saturated rings. The smallest absolute Gasteiger partial charge is 0.239 e. The number of aliphatic hydroxyl groups is 1. The number of nitrogens with one attached hydrogen (secondary N) is 1. The number of carbonyl (C=O) groups excluding carboxylic acids is 1. The van der Waals surface area contributed by atoms with Gasteiger partial charge in [0.05, 0.1) is 18.3 Å². The van der Waals surface area contributed by atoms with E-state index in [-0.39, 0.29) is 12.5 Å². The van der Waals surface area contributed by atoms with Gasteiger partial charge in [-0.2, -0.15) is 0 Å². The molecule has 0 unspecified atom stereocenters. The van der Waals surface area contributed by atoms with Crippen molar-refractivity contribution in [3.8, 4) is 0 Å². The Morgan fingerprint density at radius 3 is 2.74 bits per heavy atom. The molecule has 0 bridgehead atoms. The molecule has 0 aromatic heterocycles. The van der Waals surface area contributed by atoms with Crippen LogP contribution >= 0.6 is 0 Å².